The van der Waals surface area contributed by atoms with Crippen LogP contribution in [0.4, 0.5) is 0 Å². The molecule has 0 saturated carbocycles. The van der Waals surface area contributed by atoms with Gasteiger partial charge in [-0.2, -0.15) is 5.48 Å². The number of methoxy groups -OCH3 is 1. The van der Waals surface area contributed by atoms with E-state index in [1.165, 1.54) is 0 Å². The van der Waals surface area contributed by atoms with Crippen LogP contribution in [0.1, 0.15) is 18.9 Å². The molecule has 8 heteroatoms. The topological polar surface area (TPSA) is 65.1 Å². The van der Waals surface area contributed by atoms with Gasteiger partial charge in [0.05, 0.1) is 43.2 Å². The van der Waals surface area contributed by atoms with Crippen LogP contribution >= 0.6 is 11.3 Å². The molecule has 7 nitrogen and oxygen atoms in total. The zero-order chi connectivity index (χ0) is 18.9. The molecule has 0 amide bonds. The molecule has 0 aliphatic rings. The standard InChI is InChI=1S/C18H29N3O4S/c1-13(2)25-19-12-18-20-14-10-16(15(22-5)11-17(14)26-18)24-9-8-23-7-6-21(3)4/h10-11,13,19H,6-9,12H2,1-5H3. The SMILES string of the molecule is COc1cc2sc(CNOC(C)C)nc2cc1OCCOCCN(C)C. The fourth-order valence-electron chi connectivity index (χ4n) is 2.16. The van der Waals surface area contributed by atoms with E-state index >= 15 is 0 Å². The molecule has 0 radical (unpaired) electrons. The van der Waals surface area contributed by atoms with Gasteiger partial charge in [-0.05, 0) is 27.9 Å². The number of benzene rings is 1. The average Bonchev–Trinajstić information content (AvgIpc) is 2.98. The number of fused-ring (bicyclic) bond motifs is 1. The third-order valence-corrected chi connectivity index (χ3v) is 4.45. The van der Waals surface area contributed by atoms with E-state index in [1.54, 1.807) is 18.4 Å². The van der Waals surface area contributed by atoms with E-state index in [0.717, 1.165) is 21.8 Å². The summed E-state index contributed by atoms with van der Waals surface area (Å²) >= 11 is 1.61. The molecule has 0 spiro atoms. The summed E-state index contributed by atoms with van der Waals surface area (Å²) in [7, 11) is 5.68. The highest BCUT2D eigenvalue weighted by molar-refractivity contribution is 7.18. The van der Waals surface area contributed by atoms with Gasteiger partial charge in [-0.3, -0.25) is 4.84 Å². The predicted molar refractivity (Wildman–Crippen MR) is 104 cm³/mol. The molecule has 1 aromatic heterocycles. The smallest absolute Gasteiger partial charge is 0.163 e. The highest BCUT2D eigenvalue weighted by Gasteiger charge is 2.11. The van der Waals surface area contributed by atoms with Crippen LogP contribution in [0.15, 0.2) is 12.1 Å². The molecular formula is C18H29N3O4S. The lowest BCUT2D eigenvalue weighted by Crippen LogP contribution is -2.19. The van der Waals surface area contributed by atoms with Crippen LogP contribution in [0, 0.1) is 0 Å². The summed E-state index contributed by atoms with van der Waals surface area (Å²) in [5.41, 5.74) is 3.82. The van der Waals surface area contributed by atoms with Gasteiger partial charge in [-0.15, -0.1) is 11.3 Å². The van der Waals surface area contributed by atoms with Crippen molar-refractivity contribution in [3.05, 3.63) is 17.1 Å². The summed E-state index contributed by atoms with van der Waals surface area (Å²) in [5.74, 6) is 1.38. The van der Waals surface area contributed by atoms with E-state index in [1.807, 2.05) is 40.1 Å². The molecule has 146 valence electrons. The number of aromatic nitrogens is 1. The molecule has 0 saturated heterocycles. The predicted octanol–water partition coefficient (Wildman–Crippen LogP) is 2.69. The monoisotopic (exact) mass is 383 g/mol. The number of rotatable bonds is 12. The Morgan fingerprint density at radius 1 is 1.15 bits per heavy atom. The Morgan fingerprint density at radius 3 is 2.65 bits per heavy atom. The molecule has 0 bridgehead atoms. The normalized spacial score (nSPS) is 11.7. The van der Waals surface area contributed by atoms with Gasteiger partial charge in [-0.25, -0.2) is 4.98 Å². The van der Waals surface area contributed by atoms with Crippen molar-refractivity contribution in [1.29, 1.82) is 0 Å². The van der Waals surface area contributed by atoms with Crippen molar-refractivity contribution in [3.63, 3.8) is 0 Å². The molecule has 0 unspecified atom stereocenters. The maximum atomic E-state index is 5.83. The molecule has 1 aromatic carbocycles. The molecule has 0 aliphatic carbocycles. The van der Waals surface area contributed by atoms with Crippen molar-refractivity contribution in [3.8, 4) is 11.5 Å². The lowest BCUT2D eigenvalue weighted by Gasteiger charge is -2.12. The third kappa shape index (κ3) is 6.69. The molecule has 2 rings (SSSR count). The van der Waals surface area contributed by atoms with E-state index < -0.39 is 0 Å². The second kappa shape index (κ2) is 10.6. The summed E-state index contributed by atoms with van der Waals surface area (Å²) < 4.78 is 17.9. The van der Waals surface area contributed by atoms with Crippen LogP contribution in [-0.2, 0) is 16.1 Å². The minimum absolute atomic E-state index is 0.129. The van der Waals surface area contributed by atoms with Crippen molar-refractivity contribution < 1.29 is 19.0 Å². The van der Waals surface area contributed by atoms with Gasteiger partial charge in [-0.1, -0.05) is 0 Å². The number of hydroxylamine groups is 1. The van der Waals surface area contributed by atoms with Gasteiger partial charge in [0.15, 0.2) is 11.5 Å². The summed E-state index contributed by atoms with van der Waals surface area (Å²) in [6, 6.07) is 3.87. The van der Waals surface area contributed by atoms with Crippen LogP contribution < -0.4 is 15.0 Å². The first-order chi connectivity index (χ1) is 12.5. The second-order valence-electron chi connectivity index (χ2n) is 6.33. The number of nitrogens with zero attached hydrogens (tertiary/aromatic N) is 2. The van der Waals surface area contributed by atoms with Crippen molar-refractivity contribution in [2.45, 2.75) is 26.5 Å². The fraction of sp³-hybridized carbons (Fsp3) is 0.611. The Labute approximate surface area is 159 Å². The average molecular weight is 384 g/mol. The number of ether oxygens (including phenoxy) is 3. The molecule has 0 atom stereocenters. The lowest BCUT2D eigenvalue weighted by atomic mass is 10.3. The van der Waals surface area contributed by atoms with E-state index in [-0.39, 0.29) is 6.10 Å². The highest BCUT2D eigenvalue weighted by Crippen LogP contribution is 2.34. The highest BCUT2D eigenvalue weighted by atomic mass is 32.1. The summed E-state index contributed by atoms with van der Waals surface area (Å²) in [5, 5.41) is 0.951. The van der Waals surface area contributed by atoms with Crippen LogP contribution in [0.25, 0.3) is 10.2 Å². The van der Waals surface area contributed by atoms with Crippen molar-refractivity contribution in [2.75, 3.05) is 47.6 Å². The Hall–Kier alpha value is -1.45. The molecule has 0 fully saturated rings. The Kier molecular flexibility index (Phi) is 8.53. The molecule has 2 aromatic rings. The fourth-order valence-corrected chi connectivity index (χ4v) is 3.07. The zero-order valence-electron chi connectivity index (χ0n) is 16.2. The van der Waals surface area contributed by atoms with E-state index in [2.05, 4.69) is 15.4 Å². The van der Waals surface area contributed by atoms with Crippen LogP contribution in [0.2, 0.25) is 0 Å². The number of likely N-dealkylation sites (N-methyl/N-ethyl adjacent to an activating group) is 1. The van der Waals surface area contributed by atoms with Gasteiger partial charge in [0.25, 0.3) is 0 Å². The van der Waals surface area contributed by atoms with Gasteiger partial charge in [0, 0.05) is 18.7 Å². The van der Waals surface area contributed by atoms with E-state index in [0.29, 0.717) is 37.9 Å². The quantitative estimate of drug-likeness (QED) is 0.446. The Morgan fingerprint density at radius 2 is 1.96 bits per heavy atom. The molecule has 1 N–H and O–H groups in total. The van der Waals surface area contributed by atoms with Gasteiger partial charge >= 0.3 is 0 Å². The lowest BCUT2D eigenvalue weighted by molar-refractivity contribution is -0.00883. The van der Waals surface area contributed by atoms with Crippen molar-refractivity contribution >= 4 is 21.6 Å². The first-order valence-electron chi connectivity index (χ1n) is 8.70. The number of hydrogen-bond acceptors (Lipinski definition) is 8. The van der Waals surface area contributed by atoms with Crippen LogP contribution in [0.5, 0.6) is 11.5 Å². The molecular weight excluding hydrogens is 354 g/mol. The third-order valence-electron chi connectivity index (χ3n) is 3.43. The maximum absolute atomic E-state index is 5.83. The summed E-state index contributed by atoms with van der Waals surface area (Å²) in [4.78, 5) is 12.1. The minimum atomic E-state index is 0.129. The molecule has 0 aliphatic heterocycles. The molecule has 26 heavy (non-hydrogen) atoms. The first kappa shape index (κ1) is 20.9. The number of thiazole rings is 1. The van der Waals surface area contributed by atoms with Gasteiger partial charge in [0.1, 0.15) is 11.6 Å². The van der Waals surface area contributed by atoms with Crippen LogP contribution in [0.3, 0.4) is 0 Å². The van der Waals surface area contributed by atoms with E-state index in [4.69, 9.17) is 19.0 Å². The van der Waals surface area contributed by atoms with Gasteiger partial charge < -0.3 is 19.1 Å². The minimum Gasteiger partial charge on any atom is -0.493 e. The molecule has 1 heterocycles. The van der Waals surface area contributed by atoms with E-state index in [9.17, 15) is 0 Å². The summed E-state index contributed by atoms with van der Waals surface area (Å²) in [6.07, 6.45) is 0.129. The van der Waals surface area contributed by atoms with Crippen molar-refractivity contribution in [1.82, 2.24) is 15.4 Å². The Balaban J connectivity index is 1.93. The second-order valence-corrected chi connectivity index (χ2v) is 7.45. The zero-order valence-corrected chi connectivity index (χ0v) is 17.0. The maximum Gasteiger partial charge on any atom is 0.163 e. The van der Waals surface area contributed by atoms with Crippen molar-refractivity contribution in [2.24, 2.45) is 0 Å². The number of nitrogens with one attached hydrogen (secondary N) is 1. The Bertz CT molecular complexity index is 676. The number of hydrogen-bond donors (Lipinski definition) is 1. The first-order valence-corrected chi connectivity index (χ1v) is 9.52. The van der Waals surface area contributed by atoms with Gasteiger partial charge in [0.2, 0.25) is 0 Å². The largest absolute Gasteiger partial charge is 0.493 e. The summed E-state index contributed by atoms with van der Waals surface area (Å²) in [6.45, 7) is 7.10. The van der Waals surface area contributed by atoms with Crippen LogP contribution in [-0.4, -0.2) is 63.6 Å².